The van der Waals surface area contributed by atoms with Gasteiger partial charge in [-0.15, -0.1) is 0 Å². The molecule has 1 fully saturated rings. The van der Waals surface area contributed by atoms with Crippen LogP contribution in [0.1, 0.15) is 18.9 Å². The third-order valence-electron chi connectivity index (χ3n) is 3.65. The van der Waals surface area contributed by atoms with Gasteiger partial charge in [0, 0.05) is 30.8 Å². The molecule has 1 aliphatic rings. The summed E-state index contributed by atoms with van der Waals surface area (Å²) in [7, 11) is 0. The predicted molar refractivity (Wildman–Crippen MR) is 86.1 cm³/mol. The molecule has 0 radical (unpaired) electrons. The van der Waals surface area contributed by atoms with Crippen LogP contribution in [-0.2, 0) is 16.1 Å². The zero-order valence-corrected chi connectivity index (χ0v) is 13.6. The second-order valence-electron chi connectivity index (χ2n) is 5.35. The number of hydrogen-bond acceptors (Lipinski definition) is 3. The maximum absolute atomic E-state index is 12.1. The molecule has 1 aromatic carbocycles. The summed E-state index contributed by atoms with van der Waals surface area (Å²) >= 11 is 5.83. The van der Waals surface area contributed by atoms with Crippen molar-refractivity contribution in [2.45, 2.75) is 26.0 Å². The zero-order valence-electron chi connectivity index (χ0n) is 12.9. The molecule has 22 heavy (non-hydrogen) atoms. The second kappa shape index (κ2) is 8.98. The molecule has 0 aliphatic carbocycles. The number of hydrogen-bond donors (Lipinski definition) is 1. The first-order chi connectivity index (χ1) is 10.7. The van der Waals surface area contributed by atoms with E-state index in [1.54, 1.807) is 0 Å². The first-order valence-corrected chi connectivity index (χ1v) is 7.99. The van der Waals surface area contributed by atoms with E-state index in [0.717, 1.165) is 18.6 Å². The molecule has 6 heteroatoms. The summed E-state index contributed by atoms with van der Waals surface area (Å²) in [6.45, 7) is 5.49. The number of halogens is 1. The molecule has 0 spiro atoms. The SMILES string of the molecule is C[C@H]1CCOCCN1C(=O)NCCOCc1ccc(Cl)cc1. The molecule has 1 aliphatic heterocycles. The number of rotatable bonds is 5. The van der Waals surface area contributed by atoms with Crippen molar-refractivity contribution in [1.82, 2.24) is 10.2 Å². The van der Waals surface area contributed by atoms with Crippen molar-refractivity contribution in [1.29, 1.82) is 0 Å². The molecule has 2 rings (SSSR count). The number of carbonyl (C=O) groups excluding carboxylic acids is 1. The van der Waals surface area contributed by atoms with Crippen LogP contribution in [0, 0.1) is 0 Å². The fourth-order valence-corrected chi connectivity index (χ4v) is 2.43. The van der Waals surface area contributed by atoms with Crippen LogP contribution >= 0.6 is 11.6 Å². The Hall–Kier alpha value is -1.30. The zero-order chi connectivity index (χ0) is 15.8. The van der Waals surface area contributed by atoms with Crippen molar-refractivity contribution in [2.24, 2.45) is 0 Å². The molecule has 122 valence electrons. The Kier molecular flexibility index (Phi) is 6.96. The van der Waals surface area contributed by atoms with Gasteiger partial charge in [-0.25, -0.2) is 4.79 Å². The van der Waals surface area contributed by atoms with Gasteiger partial charge in [-0.05, 0) is 31.0 Å². The number of benzene rings is 1. The van der Waals surface area contributed by atoms with Crippen LogP contribution in [0.5, 0.6) is 0 Å². The minimum absolute atomic E-state index is 0.0481. The predicted octanol–water partition coefficient (Wildman–Crippen LogP) is 2.68. The van der Waals surface area contributed by atoms with E-state index in [1.165, 1.54) is 0 Å². The lowest BCUT2D eigenvalue weighted by molar-refractivity contribution is 0.119. The molecule has 2 amide bonds. The molecule has 1 atom stereocenters. The first-order valence-electron chi connectivity index (χ1n) is 7.61. The quantitative estimate of drug-likeness (QED) is 0.846. The van der Waals surface area contributed by atoms with Crippen LogP contribution in [0.3, 0.4) is 0 Å². The van der Waals surface area contributed by atoms with Crippen LogP contribution in [-0.4, -0.2) is 49.9 Å². The summed E-state index contributed by atoms with van der Waals surface area (Å²) in [6, 6.07) is 7.69. The maximum Gasteiger partial charge on any atom is 0.317 e. The lowest BCUT2D eigenvalue weighted by Crippen LogP contribution is -2.46. The Morgan fingerprint density at radius 2 is 2.18 bits per heavy atom. The molecule has 1 heterocycles. The average molecular weight is 327 g/mol. The number of carbonyl (C=O) groups is 1. The van der Waals surface area contributed by atoms with Gasteiger partial charge < -0.3 is 19.7 Å². The monoisotopic (exact) mass is 326 g/mol. The normalized spacial score (nSPS) is 18.8. The summed E-state index contributed by atoms with van der Waals surface area (Å²) in [4.78, 5) is 13.9. The van der Waals surface area contributed by atoms with Crippen molar-refractivity contribution in [3.05, 3.63) is 34.9 Å². The van der Waals surface area contributed by atoms with Gasteiger partial charge in [-0.2, -0.15) is 0 Å². The summed E-state index contributed by atoms with van der Waals surface area (Å²) in [5, 5.41) is 3.61. The molecule has 0 bridgehead atoms. The minimum atomic E-state index is -0.0481. The van der Waals surface area contributed by atoms with Crippen LogP contribution in [0.4, 0.5) is 4.79 Å². The third-order valence-corrected chi connectivity index (χ3v) is 3.91. The third kappa shape index (κ3) is 5.48. The standard InChI is InChI=1S/C16H23ClN2O3/c1-13-6-9-21-11-8-19(13)16(20)18-7-10-22-12-14-2-4-15(17)5-3-14/h2-5,13H,6-12H2,1H3,(H,18,20)/t13-/m0/s1. The Morgan fingerprint density at radius 1 is 1.41 bits per heavy atom. The van der Waals surface area contributed by atoms with Gasteiger partial charge in [-0.1, -0.05) is 23.7 Å². The fraction of sp³-hybridized carbons (Fsp3) is 0.562. The van der Waals surface area contributed by atoms with E-state index in [-0.39, 0.29) is 12.1 Å². The van der Waals surface area contributed by atoms with E-state index in [4.69, 9.17) is 21.1 Å². The fourth-order valence-electron chi connectivity index (χ4n) is 2.30. The number of ether oxygens (including phenoxy) is 2. The molecular weight excluding hydrogens is 304 g/mol. The Labute approximate surface area is 136 Å². The van der Waals surface area contributed by atoms with Crippen LogP contribution in [0.25, 0.3) is 0 Å². The lowest BCUT2D eigenvalue weighted by atomic mass is 10.2. The second-order valence-corrected chi connectivity index (χ2v) is 5.79. The van der Waals surface area contributed by atoms with Crippen molar-refractivity contribution in [3.63, 3.8) is 0 Å². The minimum Gasteiger partial charge on any atom is -0.380 e. The summed E-state index contributed by atoms with van der Waals surface area (Å²) in [5.74, 6) is 0. The van der Waals surface area contributed by atoms with E-state index in [1.807, 2.05) is 36.1 Å². The molecule has 5 nitrogen and oxygen atoms in total. The highest BCUT2D eigenvalue weighted by atomic mass is 35.5. The highest BCUT2D eigenvalue weighted by Gasteiger charge is 2.21. The van der Waals surface area contributed by atoms with Gasteiger partial charge in [0.1, 0.15) is 0 Å². The Bertz CT molecular complexity index is 467. The van der Waals surface area contributed by atoms with Crippen LogP contribution < -0.4 is 5.32 Å². The van der Waals surface area contributed by atoms with Crippen LogP contribution in [0.15, 0.2) is 24.3 Å². The van der Waals surface area contributed by atoms with Crippen molar-refractivity contribution < 1.29 is 14.3 Å². The number of amides is 2. The van der Waals surface area contributed by atoms with E-state index in [9.17, 15) is 4.79 Å². The average Bonchev–Trinajstić information content (AvgIpc) is 2.73. The molecule has 1 aromatic rings. The van der Waals surface area contributed by atoms with Gasteiger partial charge in [0.25, 0.3) is 0 Å². The van der Waals surface area contributed by atoms with Gasteiger partial charge in [-0.3, -0.25) is 0 Å². The smallest absolute Gasteiger partial charge is 0.317 e. The van der Waals surface area contributed by atoms with Gasteiger partial charge in [0.05, 0.1) is 19.8 Å². The molecule has 0 saturated carbocycles. The topological polar surface area (TPSA) is 50.8 Å². The molecule has 0 unspecified atom stereocenters. The van der Waals surface area contributed by atoms with E-state index < -0.39 is 0 Å². The van der Waals surface area contributed by atoms with Crippen molar-refractivity contribution >= 4 is 17.6 Å². The number of urea groups is 1. The van der Waals surface area contributed by atoms with Gasteiger partial charge >= 0.3 is 6.03 Å². The van der Waals surface area contributed by atoms with Gasteiger partial charge in [0.15, 0.2) is 0 Å². The number of nitrogens with one attached hydrogen (secondary N) is 1. The van der Waals surface area contributed by atoms with E-state index in [0.29, 0.717) is 37.9 Å². The Morgan fingerprint density at radius 3 is 2.95 bits per heavy atom. The van der Waals surface area contributed by atoms with Crippen molar-refractivity contribution in [2.75, 3.05) is 32.9 Å². The van der Waals surface area contributed by atoms with Crippen molar-refractivity contribution in [3.8, 4) is 0 Å². The summed E-state index contributed by atoms with van der Waals surface area (Å²) < 4.78 is 10.9. The Balaban J connectivity index is 1.63. The highest BCUT2D eigenvalue weighted by molar-refractivity contribution is 6.30. The molecular formula is C16H23ClN2O3. The molecule has 1 N–H and O–H groups in total. The van der Waals surface area contributed by atoms with Gasteiger partial charge in [0.2, 0.25) is 0 Å². The molecule has 1 saturated heterocycles. The maximum atomic E-state index is 12.1. The molecule has 0 aromatic heterocycles. The van der Waals surface area contributed by atoms with E-state index >= 15 is 0 Å². The summed E-state index contributed by atoms with van der Waals surface area (Å²) in [6.07, 6.45) is 0.875. The van der Waals surface area contributed by atoms with Crippen LogP contribution in [0.2, 0.25) is 5.02 Å². The number of nitrogens with zero attached hydrogens (tertiary/aromatic N) is 1. The largest absolute Gasteiger partial charge is 0.380 e. The first kappa shape index (κ1) is 17.1. The lowest BCUT2D eigenvalue weighted by Gasteiger charge is -2.26. The summed E-state index contributed by atoms with van der Waals surface area (Å²) in [5.41, 5.74) is 1.06. The highest BCUT2D eigenvalue weighted by Crippen LogP contribution is 2.10. The van der Waals surface area contributed by atoms with E-state index in [2.05, 4.69) is 5.32 Å².